The predicted octanol–water partition coefficient (Wildman–Crippen LogP) is 3.27. The van der Waals surface area contributed by atoms with Gasteiger partial charge in [-0.1, -0.05) is 11.6 Å². The van der Waals surface area contributed by atoms with E-state index in [9.17, 15) is 13.2 Å². The molecular weight excluding hydrogens is 407 g/mol. The zero-order chi connectivity index (χ0) is 20.9. The quantitative estimate of drug-likeness (QED) is 0.424. The minimum atomic E-state index is -4.48. The Morgan fingerprint density at radius 2 is 2.10 bits per heavy atom. The van der Waals surface area contributed by atoms with Gasteiger partial charge >= 0.3 is 6.18 Å². The first-order chi connectivity index (χ1) is 13.9. The summed E-state index contributed by atoms with van der Waals surface area (Å²) in [5, 5.41) is 3.14. The number of rotatable bonds is 6. The van der Waals surface area contributed by atoms with Crippen LogP contribution in [0.15, 0.2) is 17.3 Å². The van der Waals surface area contributed by atoms with Gasteiger partial charge in [-0.25, -0.2) is 9.98 Å². The fourth-order valence-corrected chi connectivity index (χ4v) is 3.97. The number of hydrogen-bond donors (Lipinski definition) is 1. The zero-order valence-electron chi connectivity index (χ0n) is 16.5. The van der Waals surface area contributed by atoms with Gasteiger partial charge in [0.05, 0.1) is 12.1 Å². The molecule has 0 bridgehead atoms. The molecule has 0 amide bonds. The van der Waals surface area contributed by atoms with E-state index in [-0.39, 0.29) is 17.5 Å². The van der Waals surface area contributed by atoms with E-state index < -0.39 is 11.7 Å². The van der Waals surface area contributed by atoms with E-state index >= 15 is 0 Å². The molecule has 162 valence electrons. The minimum Gasteiger partial charge on any atom is -0.475 e. The molecule has 1 unspecified atom stereocenters. The van der Waals surface area contributed by atoms with Crippen LogP contribution in [0.3, 0.4) is 0 Å². The van der Waals surface area contributed by atoms with Gasteiger partial charge in [-0.2, -0.15) is 13.2 Å². The van der Waals surface area contributed by atoms with E-state index in [0.717, 1.165) is 44.3 Å². The highest BCUT2D eigenvalue weighted by Gasteiger charge is 2.32. The fourth-order valence-electron chi connectivity index (χ4n) is 3.75. The van der Waals surface area contributed by atoms with E-state index in [1.807, 2.05) is 6.92 Å². The summed E-state index contributed by atoms with van der Waals surface area (Å²) in [7, 11) is 0. The number of aliphatic imine (C=N–C) groups is 1. The first-order valence-corrected chi connectivity index (χ1v) is 10.4. The van der Waals surface area contributed by atoms with Crippen molar-refractivity contribution in [3.8, 4) is 5.88 Å². The molecule has 0 saturated carbocycles. The van der Waals surface area contributed by atoms with Crippen LogP contribution >= 0.6 is 11.6 Å². The zero-order valence-corrected chi connectivity index (χ0v) is 17.3. The first kappa shape index (κ1) is 22.0. The molecule has 3 rings (SSSR count). The van der Waals surface area contributed by atoms with Gasteiger partial charge in [0.25, 0.3) is 0 Å². The molecule has 0 spiro atoms. The molecule has 2 saturated heterocycles. The molecule has 0 aromatic carbocycles. The van der Waals surface area contributed by atoms with Crippen molar-refractivity contribution in [1.82, 2.24) is 20.1 Å². The lowest BCUT2D eigenvalue weighted by Gasteiger charge is -2.25. The number of ether oxygens (including phenoxy) is 1. The van der Waals surface area contributed by atoms with Crippen molar-refractivity contribution in [2.24, 2.45) is 4.99 Å². The van der Waals surface area contributed by atoms with Crippen LogP contribution in [0.5, 0.6) is 5.88 Å². The van der Waals surface area contributed by atoms with E-state index in [1.54, 1.807) is 0 Å². The van der Waals surface area contributed by atoms with Crippen LogP contribution in [0.25, 0.3) is 0 Å². The summed E-state index contributed by atoms with van der Waals surface area (Å²) >= 11 is 5.86. The largest absolute Gasteiger partial charge is 0.475 e. The van der Waals surface area contributed by atoms with Gasteiger partial charge in [-0.15, -0.1) is 0 Å². The molecule has 1 atom stereocenters. The molecule has 2 fully saturated rings. The van der Waals surface area contributed by atoms with Gasteiger partial charge in [0.2, 0.25) is 5.88 Å². The van der Waals surface area contributed by atoms with E-state index in [1.165, 1.54) is 25.9 Å². The Morgan fingerprint density at radius 3 is 2.76 bits per heavy atom. The molecule has 2 aliphatic rings. The normalized spacial score (nSPS) is 21.1. The van der Waals surface area contributed by atoms with Crippen molar-refractivity contribution in [3.05, 3.63) is 22.8 Å². The number of hydrogen-bond acceptors (Lipinski definition) is 4. The number of halogens is 4. The van der Waals surface area contributed by atoms with Crippen LogP contribution in [0.4, 0.5) is 13.2 Å². The highest BCUT2D eigenvalue weighted by atomic mass is 35.5. The van der Waals surface area contributed by atoms with Crippen LogP contribution < -0.4 is 10.1 Å². The van der Waals surface area contributed by atoms with Crippen molar-refractivity contribution in [1.29, 1.82) is 0 Å². The molecule has 1 aromatic rings. The maximum absolute atomic E-state index is 12.7. The maximum Gasteiger partial charge on any atom is 0.417 e. The lowest BCUT2D eigenvalue weighted by Crippen LogP contribution is -2.42. The summed E-state index contributed by atoms with van der Waals surface area (Å²) < 4.78 is 43.4. The summed E-state index contributed by atoms with van der Waals surface area (Å²) in [5.74, 6) is 0.819. The van der Waals surface area contributed by atoms with Crippen LogP contribution in [0.1, 0.15) is 31.7 Å². The number of likely N-dealkylation sites (tertiary alicyclic amines) is 2. The fraction of sp³-hybridized carbons (Fsp3) is 0.684. The molecule has 0 aliphatic carbocycles. The predicted molar refractivity (Wildman–Crippen MR) is 107 cm³/mol. The van der Waals surface area contributed by atoms with Crippen molar-refractivity contribution in [2.75, 3.05) is 45.9 Å². The van der Waals surface area contributed by atoms with Crippen LogP contribution in [0, 0.1) is 0 Å². The second-order valence-corrected chi connectivity index (χ2v) is 7.63. The highest BCUT2D eigenvalue weighted by Crippen LogP contribution is 2.33. The van der Waals surface area contributed by atoms with Gasteiger partial charge in [0.1, 0.15) is 11.6 Å². The van der Waals surface area contributed by atoms with E-state index in [4.69, 9.17) is 16.3 Å². The third-order valence-corrected chi connectivity index (χ3v) is 5.45. The summed E-state index contributed by atoms with van der Waals surface area (Å²) in [6.07, 6.45) is -0.0722. The standard InChI is InChI=1S/C19H27ClF3N5O/c1-2-24-18(28-9-5-15(13-28)27-7-3-4-8-27)25-6-10-29-17-16(20)11-14(12-26-17)19(21,22)23/h11-12,15H,2-10,13H2,1H3,(H,24,25). The topological polar surface area (TPSA) is 53.0 Å². The van der Waals surface area contributed by atoms with Crippen LogP contribution in [-0.4, -0.2) is 72.7 Å². The highest BCUT2D eigenvalue weighted by molar-refractivity contribution is 6.31. The molecule has 1 N–H and O–H groups in total. The molecular formula is C19H27ClF3N5O. The Labute approximate surface area is 174 Å². The average Bonchev–Trinajstić information content (AvgIpc) is 3.35. The first-order valence-electron chi connectivity index (χ1n) is 10.0. The van der Waals surface area contributed by atoms with Crippen molar-refractivity contribution in [2.45, 2.75) is 38.4 Å². The number of pyridine rings is 1. The van der Waals surface area contributed by atoms with Gasteiger partial charge < -0.3 is 15.0 Å². The monoisotopic (exact) mass is 433 g/mol. The van der Waals surface area contributed by atoms with Gasteiger partial charge in [0, 0.05) is 31.9 Å². The molecule has 10 heteroatoms. The van der Waals surface area contributed by atoms with E-state index in [0.29, 0.717) is 12.6 Å². The lowest BCUT2D eigenvalue weighted by atomic mass is 10.2. The van der Waals surface area contributed by atoms with Gasteiger partial charge in [-0.3, -0.25) is 4.90 Å². The number of guanidine groups is 1. The van der Waals surface area contributed by atoms with Gasteiger partial charge in [0.15, 0.2) is 5.96 Å². The SMILES string of the molecule is CCNC(=NCCOc1ncc(C(F)(F)F)cc1Cl)N1CCC(N2CCCC2)C1. The Hall–Kier alpha value is -1.74. The number of nitrogens with zero attached hydrogens (tertiary/aromatic N) is 4. The second kappa shape index (κ2) is 9.84. The summed E-state index contributed by atoms with van der Waals surface area (Å²) in [5.41, 5.74) is -0.899. The number of aromatic nitrogens is 1. The van der Waals surface area contributed by atoms with Crippen molar-refractivity contribution in [3.63, 3.8) is 0 Å². The summed E-state index contributed by atoms with van der Waals surface area (Å²) in [6.45, 7) is 7.59. The Morgan fingerprint density at radius 1 is 1.34 bits per heavy atom. The summed E-state index contributed by atoms with van der Waals surface area (Å²) in [4.78, 5) is 13.1. The Balaban J connectivity index is 1.52. The molecule has 1 aromatic heterocycles. The van der Waals surface area contributed by atoms with Crippen molar-refractivity contribution >= 4 is 17.6 Å². The van der Waals surface area contributed by atoms with E-state index in [2.05, 4.69) is 25.1 Å². The minimum absolute atomic E-state index is 0.0184. The Bertz CT molecular complexity index is 710. The van der Waals surface area contributed by atoms with Crippen LogP contribution in [0.2, 0.25) is 5.02 Å². The van der Waals surface area contributed by atoms with Crippen LogP contribution in [-0.2, 0) is 6.18 Å². The molecule has 29 heavy (non-hydrogen) atoms. The average molecular weight is 434 g/mol. The molecule has 3 heterocycles. The lowest BCUT2D eigenvalue weighted by molar-refractivity contribution is -0.137. The molecule has 6 nitrogen and oxygen atoms in total. The molecule has 2 aliphatic heterocycles. The second-order valence-electron chi connectivity index (χ2n) is 7.22. The maximum atomic E-state index is 12.7. The Kier molecular flexibility index (Phi) is 7.45. The number of alkyl halides is 3. The number of nitrogens with one attached hydrogen (secondary N) is 1. The van der Waals surface area contributed by atoms with Gasteiger partial charge in [-0.05, 0) is 45.3 Å². The summed E-state index contributed by atoms with van der Waals surface area (Å²) in [6, 6.07) is 1.40. The third kappa shape index (κ3) is 5.88. The third-order valence-electron chi connectivity index (χ3n) is 5.18. The molecule has 0 radical (unpaired) electrons. The smallest absolute Gasteiger partial charge is 0.417 e. The van der Waals surface area contributed by atoms with Crippen molar-refractivity contribution < 1.29 is 17.9 Å².